The number of fused-ring (bicyclic) bond motifs is 1. The second kappa shape index (κ2) is 5.74. The van der Waals surface area contributed by atoms with E-state index in [1.54, 1.807) is 14.2 Å². The quantitative estimate of drug-likeness (QED) is 0.933. The standard InChI is InChI=1S/C16H16ClNO3/c1-19-10-6-7-11(14(8-10)20-2)15-9-18-13-5-3-4-12(17)16(13)21-15/h3-8,15,18H,9H2,1-2H3. The first kappa shape index (κ1) is 13.9. The van der Waals surface area contributed by atoms with Crippen LogP contribution in [0, 0.1) is 0 Å². The van der Waals surface area contributed by atoms with Crippen LogP contribution in [0.25, 0.3) is 0 Å². The first-order chi connectivity index (χ1) is 10.2. The number of ether oxygens (including phenoxy) is 3. The van der Waals surface area contributed by atoms with E-state index in [4.69, 9.17) is 25.8 Å². The first-order valence-corrected chi connectivity index (χ1v) is 7.01. The van der Waals surface area contributed by atoms with E-state index in [0.717, 1.165) is 22.7 Å². The summed E-state index contributed by atoms with van der Waals surface area (Å²) >= 11 is 6.20. The van der Waals surface area contributed by atoms with Crippen LogP contribution in [0.2, 0.25) is 5.02 Å². The van der Waals surface area contributed by atoms with Gasteiger partial charge in [0.15, 0.2) is 5.75 Å². The second-order valence-corrected chi connectivity index (χ2v) is 5.12. The lowest BCUT2D eigenvalue weighted by atomic mass is 10.1. The van der Waals surface area contributed by atoms with Crippen LogP contribution in [0.1, 0.15) is 11.7 Å². The Morgan fingerprint density at radius 1 is 1.19 bits per heavy atom. The second-order valence-electron chi connectivity index (χ2n) is 4.71. The summed E-state index contributed by atoms with van der Waals surface area (Å²) in [6.45, 7) is 0.649. The first-order valence-electron chi connectivity index (χ1n) is 6.64. The summed E-state index contributed by atoms with van der Waals surface area (Å²) in [6.07, 6.45) is -0.168. The maximum atomic E-state index is 6.20. The molecule has 1 N–H and O–H groups in total. The van der Waals surface area contributed by atoms with E-state index in [1.165, 1.54) is 0 Å². The molecular weight excluding hydrogens is 290 g/mol. The fourth-order valence-corrected chi connectivity index (χ4v) is 2.63. The van der Waals surface area contributed by atoms with Crippen molar-refractivity contribution in [3.63, 3.8) is 0 Å². The van der Waals surface area contributed by atoms with Crippen molar-refractivity contribution in [2.24, 2.45) is 0 Å². The van der Waals surface area contributed by atoms with E-state index >= 15 is 0 Å². The normalized spacial score (nSPS) is 16.4. The molecule has 0 amide bonds. The molecule has 0 saturated carbocycles. The third-order valence-electron chi connectivity index (χ3n) is 3.49. The summed E-state index contributed by atoms with van der Waals surface area (Å²) in [7, 11) is 3.26. The molecule has 0 radical (unpaired) electrons. The number of methoxy groups -OCH3 is 2. The molecule has 1 aliphatic heterocycles. The average Bonchev–Trinajstić information content (AvgIpc) is 2.54. The van der Waals surface area contributed by atoms with Gasteiger partial charge in [-0.25, -0.2) is 0 Å². The molecule has 3 rings (SSSR count). The molecule has 1 atom stereocenters. The van der Waals surface area contributed by atoms with Crippen LogP contribution >= 0.6 is 11.6 Å². The van der Waals surface area contributed by atoms with E-state index in [1.807, 2.05) is 36.4 Å². The summed E-state index contributed by atoms with van der Waals surface area (Å²) in [5.41, 5.74) is 1.86. The van der Waals surface area contributed by atoms with Gasteiger partial charge in [-0.2, -0.15) is 0 Å². The van der Waals surface area contributed by atoms with Crippen molar-refractivity contribution >= 4 is 17.3 Å². The Hall–Kier alpha value is -2.07. The number of para-hydroxylation sites is 1. The highest BCUT2D eigenvalue weighted by atomic mass is 35.5. The third-order valence-corrected chi connectivity index (χ3v) is 3.79. The van der Waals surface area contributed by atoms with Gasteiger partial charge < -0.3 is 19.5 Å². The number of hydrogen-bond donors (Lipinski definition) is 1. The Morgan fingerprint density at radius 2 is 2.05 bits per heavy atom. The molecule has 0 bridgehead atoms. The zero-order chi connectivity index (χ0) is 14.8. The number of anilines is 1. The number of halogens is 1. The monoisotopic (exact) mass is 305 g/mol. The molecule has 4 nitrogen and oxygen atoms in total. The molecular formula is C16H16ClNO3. The SMILES string of the molecule is COc1ccc(C2CNc3cccc(Cl)c3O2)c(OC)c1. The molecule has 1 aliphatic rings. The Labute approximate surface area is 128 Å². The van der Waals surface area contributed by atoms with Crippen LogP contribution in [-0.2, 0) is 0 Å². The Balaban J connectivity index is 1.94. The van der Waals surface area contributed by atoms with Gasteiger partial charge in [0.2, 0.25) is 0 Å². The van der Waals surface area contributed by atoms with Crippen LogP contribution in [0.4, 0.5) is 5.69 Å². The zero-order valence-electron chi connectivity index (χ0n) is 11.9. The van der Waals surface area contributed by atoms with E-state index in [-0.39, 0.29) is 6.10 Å². The highest BCUT2D eigenvalue weighted by molar-refractivity contribution is 6.32. The zero-order valence-corrected chi connectivity index (χ0v) is 12.6. The molecule has 2 aromatic rings. The van der Waals surface area contributed by atoms with Crippen LogP contribution in [-0.4, -0.2) is 20.8 Å². The van der Waals surface area contributed by atoms with E-state index in [0.29, 0.717) is 17.3 Å². The summed E-state index contributed by atoms with van der Waals surface area (Å²) < 4.78 is 16.7. The van der Waals surface area contributed by atoms with Gasteiger partial charge in [0, 0.05) is 11.6 Å². The van der Waals surface area contributed by atoms with Gasteiger partial charge in [0.25, 0.3) is 0 Å². The van der Waals surface area contributed by atoms with Gasteiger partial charge in [-0.05, 0) is 24.3 Å². The Bertz CT molecular complexity index is 660. The summed E-state index contributed by atoms with van der Waals surface area (Å²) in [4.78, 5) is 0. The van der Waals surface area contributed by atoms with Crippen LogP contribution in [0.15, 0.2) is 36.4 Å². The molecule has 1 heterocycles. The van der Waals surface area contributed by atoms with Crippen LogP contribution in [0.5, 0.6) is 17.2 Å². The minimum absolute atomic E-state index is 0.168. The van der Waals surface area contributed by atoms with Gasteiger partial charge in [0.05, 0.1) is 31.5 Å². The van der Waals surface area contributed by atoms with Crippen molar-refractivity contribution in [1.82, 2.24) is 0 Å². The molecule has 2 aromatic carbocycles. The van der Waals surface area contributed by atoms with Gasteiger partial charge in [-0.3, -0.25) is 0 Å². The maximum absolute atomic E-state index is 6.20. The molecule has 0 aliphatic carbocycles. The largest absolute Gasteiger partial charge is 0.497 e. The summed E-state index contributed by atoms with van der Waals surface area (Å²) in [5.74, 6) is 2.16. The topological polar surface area (TPSA) is 39.7 Å². The minimum Gasteiger partial charge on any atom is -0.497 e. The van der Waals surface area contributed by atoms with Crippen molar-refractivity contribution in [2.75, 3.05) is 26.1 Å². The predicted molar refractivity (Wildman–Crippen MR) is 82.9 cm³/mol. The number of nitrogens with one attached hydrogen (secondary N) is 1. The lowest BCUT2D eigenvalue weighted by molar-refractivity contribution is 0.205. The fourth-order valence-electron chi connectivity index (χ4n) is 2.41. The molecule has 1 unspecified atom stereocenters. The highest BCUT2D eigenvalue weighted by Crippen LogP contribution is 2.41. The molecule has 5 heteroatoms. The number of benzene rings is 2. The van der Waals surface area contributed by atoms with E-state index in [9.17, 15) is 0 Å². The summed E-state index contributed by atoms with van der Waals surface area (Å²) in [6, 6.07) is 11.3. The Kier molecular flexibility index (Phi) is 3.80. The molecule has 21 heavy (non-hydrogen) atoms. The molecule has 110 valence electrons. The molecule has 0 aromatic heterocycles. The number of rotatable bonds is 3. The fraction of sp³-hybridized carbons (Fsp3) is 0.250. The smallest absolute Gasteiger partial charge is 0.162 e. The molecule has 0 saturated heterocycles. The lowest BCUT2D eigenvalue weighted by Crippen LogP contribution is -2.24. The van der Waals surface area contributed by atoms with Gasteiger partial charge in [-0.1, -0.05) is 17.7 Å². The maximum Gasteiger partial charge on any atom is 0.162 e. The summed E-state index contributed by atoms with van der Waals surface area (Å²) in [5, 5.41) is 3.93. The minimum atomic E-state index is -0.168. The average molecular weight is 306 g/mol. The van der Waals surface area contributed by atoms with Gasteiger partial charge >= 0.3 is 0 Å². The van der Waals surface area contributed by atoms with E-state index < -0.39 is 0 Å². The number of hydrogen-bond acceptors (Lipinski definition) is 4. The van der Waals surface area contributed by atoms with E-state index in [2.05, 4.69) is 5.32 Å². The van der Waals surface area contributed by atoms with Crippen molar-refractivity contribution in [2.45, 2.75) is 6.10 Å². The Morgan fingerprint density at radius 3 is 2.81 bits per heavy atom. The van der Waals surface area contributed by atoms with Crippen molar-refractivity contribution in [3.05, 3.63) is 47.0 Å². The molecule has 0 spiro atoms. The third kappa shape index (κ3) is 2.59. The lowest BCUT2D eigenvalue weighted by Gasteiger charge is -2.29. The molecule has 0 fully saturated rings. The van der Waals surface area contributed by atoms with Gasteiger partial charge in [-0.15, -0.1) is 0 Å². The highest BCUT2D eigenvalue weighted by Gasteiger charge is 2.25. The van der Waals surface area contributed by atoms with Gasteiger partial charge in [0.1, 0.15) is 17.6 Å². The van der Waals surface area contributed by atoms with Crippen LogP contribution in [0.3, 0.4) is 0 Å². The van der Waals surface area contributed by atoms with Crippen LogP contribution < -0.4 is 19.5 Å². The van der Waals surface area contributed by atoms with Crippen molar-refractivity contribution < 1.29 is 14.2 Å². The van der Waals surface area contributed by atoms with Crippen molar-refractivity contribution in [1.29, 1.82) is 0 Å². The predicted octanol–water partition coefficient (Wildman–Crippen LogP) is 3.90. The van der Waals surface area contributed by atoms with Crippen molar-refractivity contribution in [3.8, 4) is 17.2 Å².